The van der Waals surface area contributed by atoms with Crippen LogP contribution in [0.25, 0.3) is 10.8 Å². The molecule has 43 heavy (non-hydrogen) atoms. The van der Waals surface area contributed by atoms with Crippen molar-refractivity contribution in [3.05, 3.63) is 82.6 Å². The molecular weight excluding hydrogens is 577 g/mol. The van der Waals surface area contributed by atoms with Crippen LogP contribution in [0.4, 0.5) is 14.9 Å². The Balaban J connectivity index is 1.46. The van der Waals surface area contributed by atoms with Crippen molar-refractivity contribution in [3.8, 4) is 5.75 Å². The van der Waals surface area contributed by atoms with E-state index >= 15 is 0 Å². The van der Waals surface area contributed by atoms with Crippen molar-refractivity contribution in [2.75, 3.05) is 4.90 Å². The van der Waals surface area contributed by atoms with E-state index in [2.05, 4.69) is 0 Å². The topological polar surface area (TPSA) is 138 Å². The number of phenols is 1. The van der Waals surface area contributed by atoms with Gasteiger partial charge in [0.05, 0.1) is 33.9 Å². The van der Waals surface area contributed by atoms with Crippen LogP contribution in [0, 0.1) is 34.9 Å². The Hall–Kier alpha value is -4.57. The summed E-state index contributed by atoms with van der Waals surface area (Å²) in [5, 5.41) is 11.6. The molecule has 2 aliphatic carbocycles. The average molecular weight is 602 g/mol. The predicted octanol–water partition coefficient (Wildman–Crippen LogP) is 4.65. The number of halogens is 2. The lowest BCUT2D eigenvalue weighted by atomic mass is 9.51. The van der Waals surface area contributed by atoms with Crippen LogP contribution in [0.3, 0.4) is 0 Å². The number of hydrogen-bond acceptors (Lipinski definition) is 6. The molecule has 6 atom stereocenters. The molecule has 6 unspecified atom stereocenters. The minimum absolute atomic E-state index is 0.0381. The van der Waals surface area contributed by atoms with E-state index in [1.54, 1.807) is 31.2 Å². The molecule has 11 heteroatoms. The number of rotatable bonds is 2. The number of allylic oxidation sites excluding steroid dienone is 2. The van der Waals surface area contributed by atoms with Crippen LogP contribution in [-0.4, -0.2) is 39.7 Å². The van der Waals surface area contributed by atoms with Crippen LogP contribution in [0.2, 0.25) is 5.02 Å². The molecule has 2 heterocycles. The van der Waals surface area contributed by atoms with Gasteiger partial charge in [-0.05, 0) is 60.9 Å². The fraction of sp³-hybridized carbons (Fsp3) is 0.281. The Morgan fingerprint density at radius 3 is 2.42 bits per heavy atom. The minimum Gasteiger partial charge on any atom is -0.507 e. The molecule has 0 aromatic heterocycles. The molecule has 2 aliphatic heterocycles. The zero-order valence-corrected chi connectivity index (χ0v) is 23.5. The normalized spacial score (nSPS) is 29.9. The summed E-state index contributed by atoms with van der Waals surface area (Å²) in [7, 11) is 0. The number of imide groups is 4. The van der Waals surface area contributed by atoms with Crippen molar-refractivity contribution in [1.29, 1.82) is 0 Å². The number of fused-ring (bicyclic) bond motifs is 5. The van der Waals surface area contributed by atoms with E-state index in [-0.39, 0.29) is 29.3 Å². The van der Waals surface area contributed by atoms with E-state index < -0.39 is 70.5 Å². The van der Waals surface area contributed by atoms with Gasteiger partial charge in [0.2, 0.25) is 23.6 Å². The number of nitrogens with zero attached hydrogens (tertiary/aromatic N) is 2. The first-order chi connectivity index (χ1) is 20.5. The number of carbonyl (C=O) groups excluding carboxylic acids is 5. The number of anilines is 1. The van der Waals surface area contributed by atoms with E-state index in [0.717, 1.165) is 11.0 Å². The second kappa shape index (κ2) is 9.21. The fourth-order valence-corrected chi connectivity index (χ4v) is 8.18. The summed E-state index contributed by atoms with van der Waals surface area (Å²) in [5.74, 6) is -7.19. The molecule has 218 valence electrons. The van der Waals surface area contributed by atoms with Gasteiger partial charge in [0.1, 0.15) is 11.6 Å². The molecule has 3 aromatic rings. The third kappa shape index (κ3) is 3.53. The van der Waals surface area contributed by atoms with Gasteiger partial charge in [-0.1, -0.05) is 53.6 Å². The van der Waals surface area contributed by atoms with Gasteiger partial charge in [0.15, 0.2) is 0 Å². The highest BCUT2D eigenvalue weighted by atomic mass is 35.5. The molecule has 0 spiro atoms. The molecule has 4 aliphatic rings. The standard InChI is InChI=1S/C32H25ClFN3O6/c1-32-21(28(40)36(30(32)42)14-6-10-23(34)22(33)12-14)13-20-18(7-8-19-25(20)29(41)37(27(19)39)31(35)43)26(32)17-9-11-24(38)16-5-3-2-4-15(16)17/h2-7,9-12,19-21,25-26,38H,8,13H2,1H3,(H2,35,43). The van der Waals surface area contributed by atoms with Crippen LogP contribution in [-0.2, 0) is 19.2 Å². The number of benzene rings is 3. The Morgan fingerprint density at radius 1 is 1.00 bits per heavy atom. The number of hydrogen-bond donors (Lipinski definition) is 2. The van der Waals surface area contributed by atoms with Gasteiger partial charge in [-0.15, -0.1) is 0 Å². The molecule has 9 nitrogen and oxygen atoms in total. The van der Waals surface area contributed by atoms with Crippen molar-refractivity contribution < 1.29 is 33.5 Å². The van der Waals surface area contributed by atoms with E-state index in [1.807, 2.05) is 12.1 Å². The summed E-state index contributed by atoms with van der Waals surface area (Å²) in [6.45, 7) is 1.72. The molecule has 7 rings (SSSR count). The third-order valence-electron chi connectivity index (χ3n) is 9.90. The summed E-state index contributed by atoms with van der Waals surface area (Å²) in [5.41, 5.74) is 5.55. The van der Waals surface area contributed by atoms with Gasteiger partial charge in [-0.25, -0.2) is 14.1 Å². The maximum absolute atomic E-state index is 14.5. The van der Waals surface area contributed by atoms with Crippen molar-refractivity contribution in [2.24, 2.45) is 34.8 Å². The van der Waals surface area contributed by atoms with Crippen molar-refractivity contribution >= 4 is 57.7 Å². The molecule has 3 N–H and O–H groups in total. The number of phenolic OH excluding ortho intramolecular Hbond substituents is 1. The lowest BCUT2D eigenvalue weighted by molar-refractivity contribution is -0.136. The van der Waals surface area contributed by atoms with Gasteiger partial charge >= 0.3 is 6.03 Å². The number of carbonyl (C=O) groups is 5. The second-order valence-electron chi connectivity index (χ2n) is 11.8. The SMILES string of the molecule is CC12C(=O)N(c3ccc(F)c(Cl)c3)C(=O)C1CC1C(=CCC3C(=O)N(C(N)=O)C(=O)C31)C2c1ccc(O)c2ccccc12. The van der Waals surface area contributed by atoms with Crippen LogP contribution in [0.15, 0.2) is 66.2 Å². The maximum Gasteiger partial charge on any atom is 0.328 e. The number of amides is 6. The Morgan fingerprint density at radius 2 is 1.72 bits per heavy atom. The Kier molecular flexibility index (Phi) is 5.84. The second-order valence-corrected chi connectivity index (χ2v) is 12.2. The number of urea groups is 1. The molecular formula is C32H25ClFN3O6. The average Bonchev–Trinajstić information content (AvgIpc) is 3.35. The number of likely N-dealkylation sites (tertiary alicyclic amines) is 1. The predicted molar refractivity (Wildman–Crippen MR) is 153 cm³/mol. The largest absolute Gasteiger partial charge is 0.507 e. The smallest absolute Gasteiger partial charge is 0.328 e. The first-order valence-electron chi connectivity index (χ1n) is 13.9. The number of primary amides is 1. The molecule has 3 aromatic carbocycles. The van der Waals surface area contributed by atoms with Crippen molar-refractivity contribution in [3.63, 3.8) is 0 Å². The summed E-state index contributed by atoms with van der Waals surface area (Å²) in [4.78, 5) is 69.0. The highest BCUT2D eigenvalue weighted by Crippen LogP contribution is 2.64. The van der Waals surface area contributed by atoms with Crippen molar-refractivity contribution in [1.82, 2.24) is 4.90 Å². The molecule has 0 radical (unpaired) electrons. The van der Waals surface area contributed by atoms with E-state index in [4.69, 9.17) is 17.3 Å². The molecule has 3 fully saturated rings. The van der Waals surface area contributed by atoms with Crippen LogP contribution in [0.1, 0.15) is 31.2 Å². The third-order valence-corrected chi connectivity index (χ3v) is 10.2. The fourth-order valence-electron chi connectivity index (χ4n) is 8.01. The van der Waals surface area contributed by atoms with Crippen LogP contribution < -0.4 is 10.6 Å². The van der Waals surface area contributed by atoms with Gasteiger partial charge in [0, 0.05) is 11.3 Å². The summed E-state index contributed by atoms with van der Waals surface area (Å²) in [6.07, 6.45) is 2.07. The molecule has 1 saturated carbocycles. The summed E-state index contributed by atoms with van der Waals surface area (Å²) in [6, 6.07) is 12.9. The van der Waals surface area contributed by atoms with E-state index in [1.165, 1.54) is 18.2 Å². The highest BCUT2D eigenvalue weighted by Gasteiger charge is 2.68. The van der Waals surface area contributed by atoms with E-state index in [9.17, 15) is 33.5 Å². The summed E-state index contributed by atoms with van der Waals surface area (Å²) >= 11 is 6.04. The van der Waals surface area contributed by atoms with Gasteiger partial charge in [0.25, 0.3) is 0 Å². The summed E-state index contributed by atoms with van der Waals surface area (Å²) < 4.78 is 14.1. The first-order valence-corrected chi connectivity index (χ1v) is 14.3. The molecule has 6 amide bonds. The lowest BCUT2D eigenvalue weighted by Crippen LogP contribution is -2.49. The zero-order chi connectivity index (χ0) is 30.5. The monoisotopic (exact) mass is 601 g/mol. The maximum atomic E-state index is 14.5. The molecule has 2 saturated heterocycles. The quantitative estimate of drug-likeness (QED) is 0.324. The van der Waals surface area contributed by atoms with Gasteiger partial charge in [-0.2, -0.15) is 4.90 Å². The Labute approximate surface area is 249 Å². The highest BCUT2D eigenvalue weighted by molar-refractivity contribution is 6.31. The van der Waals surface area contributed by atoms with Crippen LogP contribution >= 0.6 is 11.6 Å². The molecule has 0 bridgehead atoms. The lowest BCUT2D eigenvalue weighted by Gasteiger charge is -2.49. The minimum atomic E-state index is -1.36. The van der Waals surface area contributed by atoms with Gasteiger partial charge < -0.3 is 10.8 Å². The number of aromatic hydroxyl groups is 1. The zero-order valence-electron chi connectivity index (χ0n) is 22.8. The van der Waals surface area contributed by atoms with Crippen LogP contribution in [0.5, 0.6) is 5.75 Å². The first kappa shape index (κ1) is 27.3. The van der Waals surface area contributed by atoms with Gasteiger partial charge in [-0.3, -0.25) is 19.2 Å². The number of nitrogens with two attached hydrogens (primary N) is 1. The van der Waals surface area contributed by atoms with E-state index in [0.29, 0.717) is 26.8 Å². The Bertz CT molecular complexity index is 1860. The van der Waals surface area contributed by atoms with Crippen molar-refractivity contribution in [2.45, 2.75) is 25.7 Å².